The van der Waals surface area contributed by atoms with Gasteiger partial charge in [0, 0.05) is 12.8 Å². The Morgan fingerprint density at radius 1 is 1.26 bits per heavy atom. The molecule has 0 unspecified atom stereocenters. The first kappa shape index (κ1) is 13.5. The summed E-state index contributed by atoms with van der Waals surface area (Å²) in [6.45, 7) is 5.68. The molecule has 0 saturated heterocycles. The lowest BCUT2D eigenvalue weighted by Gasteiger charge is -2.20. The minimum Gasteiger partial charge on any atom is -0.339 e. The average Bonchev–Trinajstić information content (AvgIpc) is 2.87. The van der Waals surface area contributed by atoms with E-state index in [0.717, 1.165) is 5.56 Å². The maximum absolute atomic E-state index is 11.0. The summed E-state index contributed by atoms with van der Waals surface area (Å²) in [5, 5.41) is 4.04. The van der Waals surface area contributed by atoms with Crippen LogP contribution in [-0.4, -0.2) is 15.9 Å². The second kappa shape index (κ2) is 5.34. The van der Waals surface area contributed by atoms with Crippen LogP contribution in [0.4, 0.5) is 0 Å². The molecule has 4 nitrogen and oxygen atoms in total. The molecule has 0 fully saturated rings. The van der Waals surface area contributed by atoms with E-state index in [0.29, 0.717) is 24.6 Å². The number of benzene rings is 1. The Morgan fingerprint density at radius 2 is 1.95 bits per heavy atom. The van der Waals surface area contributed by atoms with Crippen molar-refractivity contribution in [1.29, 1.82) is 0 Å². The molecule has 0 amide bonds. The van der Waals surface area contributed by atoms with Gasteiger partial charge in [0.05, 0.1) is 5.41 Å². The fourth-order valence-corrected chi connectivity index (χ4v) is 1.88. The third-order valence-corrected chi connectivity index (χ3v) is 3.21. The summed E-state index contributed by atoms with van der Waals surface area (Å²) >= 11 is 0. The van der Waals surface area contributed by atoms with Crippen molar-refractivity contribution < 1.29 is 9.32 Å². The number of Topliss-reactive ketones (excluding diaryl/α,β-unsaturated/α-hetero) is 1. The van der Waals surface area contributed by atoms with Gasteiger partial charge in [-0.15, -0.1) is 0 Å². The predicted octanol–water partition coefficient (Wildman–Crippen LogP) is 2.92. The Morgan fingerprint density at radius 3 is 2.58 bits per heavy atom. The van der Waals surface area contributed by atoms with Gasteiger partial charge in [0.2, 0.25) is 5.89 Å². The van der Waals surface area contributed by atoms with Gasteiger partial charge in [0.1, 0.15) is 5.78 Å². The lowest BCUT2D eigenvalue weighted by atomic mass is 9.84. The zero-order chi connectivity index (χ0) is 13.9. The first-order valence-corrected chi connectivity index (χ1v) is 6.38. The molecule has 1 aromatic heterocycles. The fraction of sp³-hybridized carbons (Fsp3) is 0.400. The summed E-state index contributed by atoms with van der Waals surface area (Å²) in [6.07, 6.45) is 0.945. The van der Waals surface area contributed by atoms with Gasteiger partial charge < -0.3 is 9.32 Å². The number of rotatable bonds is 5. The Bertz CT molecular complexity index is 559. The zero-order valence-electron chi connectivity index (χ0n) is 11.5. The lowest BCUT2D eigenvalue weighted by Crippen LogP contribution is -2.20. The van der Waals surface area contributed by atoms with Crippen LogP contribution in [0.5, 0.6) is 0 Å². The number of hydrogen-bond acceptors (Lipinski definition) is 4. The third-order valence-electron chi connectivity index (χ3n) is 3.21. The van der Waals surface area contributed by atoms with Gasteiger partial charge >= 0.3 is 0 Å². The van der Waals surface area contributed by atoms with Crippen LogP contribution >= 0.6 is 0 Å². The molecule has 2 aromatic rings. The normalized spacial score (nSPS) is 11.5. The van der Waals surface area contributed by atoms with Crippen molar-refractivity contribution in [3.63, 3.8) is 0 Å². The lowest BCUT2D eigenvalue weighted by molar-refractivity contribution is -0.117. The highest BCUT2D eigenvalue weighted by atomic mass is 16.5. The van der Waals surface area contributed by atoms with Gasteiger partial charge in [-0.2, -0.15) is 4.98 Å². The van der Waals surface area contributed by atoms with Crippen LogP contribution in [-0.2, 0) is 16.6 Å². The molecule has 0 aliphatic rings. The van der Waals surface area contributed by atoms with Crippen molar-refractivity contribution in [2.75, 3.05) is 0 Å². The molecule has 1 aromatic carbocycles. The van der Waals surface area contributed by atoms with Crippen molar-refractivity contribution in [1.82, 2.24) is 10.1 Å². The molecule has 0 atom stereocenters. The number of aryl methyl sites for hydroxylation is 1. The van der Waals surface area contributed by atoms with Crippen LogP contribution in [0.25, 0.3) is 0 Å². The molecule has 0 saturated carbocycles. The van der Waals surface area contributed by atoms with Crippen molar-refractivity contribution >= 4 is 5.78 Å². The van der Waals surface area contributed by atoms with E-state index in [1.165, 1.54) is 0 Å². The van der Waals surface area contributed by atoms with Crippen LogP contribution in [0, 0.1) is 0 Å². The van der Waals surface area contributed by atoms with Gasteiger partial charge in [-0.25, -0.2) is 0 Å². The summed E-state index contributed by atoms with van der Waals surface area (Å²) in [5.74, 6) is 1.30. The van der Waals surface area contributed by atoms with E-state index >= 15 is 0 Å². The molecule has 2 rings (SSSR count). The van der Waals surface area contributed by atoms with Gasteiger partial charge in [-0.3, -0.25) is 0 Å². The Kier molecular flexibility index (Phi) is 3.79. The molecule has 0 N–H and O–H groups in total. The maximum atomic E-state index is 11.0. The molecule has 4 heteroatoms. The second-order valence-corrected chi connectivity index (χ2v) is 5.20. The SMILES string of the molecule is CC(=O)CCc1nc(C(C)(C)c2ccccc2)no1. The predicted molar refractivity (Wildman–Crippen MR) is 71.9 cm³/mol. The molecule has 0 bridgehead atoms. The summed E-state index contributed by atoms with van der Waals surface area (Å²) in [5.41, 5.74) is 0.827. The second-order valence-electron chi connectivity index (χ2n) is 5.20. The van der Waals surface area contributed by atoms with Crippen molar-refractivity contribution in [2.45, 2.75) is 39.0 Å². The van der Waals surface area contributed by atoms with Crippen LogP contribution in [0.2, 0.25) is 0 Å². The van der Waals surface area contributed by atoms with E-state index in [2.05, 4.69) is 24.0 Å². The molecule has 19 heavy (non-hydrogen) atoms. The van der Waals surface area contributed by atoms with E-state index in [-0.39, 0.29) is 11.2 Å². The molecule has 100 valence electrons. The monoisotopic (exact) mass is 258 g/mol. The average molecular weight is 258 g/mol. The molecule has 0 spiro atoms. The highest BCUT2D eigenvalue weighted by Gasteiger charge is 2.28. The molecular formula is C15H18N2O2. The minimum absolute atomic E-state index is 0.127. The number of carbonyl (C=O) groups is 1. The molecule has 0 radical (unpaired) electrons. The van der Waals surface area contributed by atoms with E-state index < -0.39 is 0 Å². The van der Waals surface area contributed by atoms with Gasteiger partial charge in [-0.05, 0) is 26.3 Å². The highest BCUT2D eigenvalue weighted by molar-refractivity contribution is 5.75. The van der Waals surface area contributed by atoms with Crippen LogP contribution in [0.1, 0.15) is 44.5 Å². The number of aromatic nitrogens is 2. The standard InChI is InChI=1S/C15H18N2O2/c1-11(18)9-10-13-16-14(17-19-13)15(2,3)12-7-5-4-6-8-12/h4-8H,9-10H2,1-3H3. The smallest absolute Gasteiger partial charge is 0.227 e. The number of carbonyl (C=O) groups excluding carboxylic acids is 1. The zero-order valence-corrected chi connectivity index (χ0v) is 11.5. The highest BCUT2D eigenvalue weighted by Crippen LogP contribution is 2.28. The molecular weight excluding hydrogens is 240 g/mol. The summed E-state index contributed by atoms with van der Waals surface area (Å²) in [6, 6.07) is 10.1. The summed E-state index contributed by atoms with van der Waals surface area (Å²) in [4.78, 5) is 15.4. The molecule has 1 heterocycles. The first-order chi connectivity index (χ1) is 9.00. The Balaban J connectivity index is 2.20. The van der Waals surface area contributed by atoms with E-state index in [1.54, 1.807) is 6.92 Å². The number of ketones is 1. The topological polar surface area (TPSA) is 56.0 Å². The largest absolute Gasteiger partial charge is 0.339 e. The quantitative estimate of drug-likeness (QED) is 0.827. The van der Waals surface area contributed by atoms with Crippen molar-refractivity contribution in [3.05, 3.63) is 47.6 Å². The number of nitrogens with zero attached hydrogens (tertiary/aromatic N) is 2. The molecule has 0 aliphatic heterocycles. The minimum atomic E-state index is -0.306. The third kappa shape index (κ3) is 3.08. The fourth-order valence-electron chi connectivity index (χ4n) is 1.88. The van der Waals surface area contributed by atoms with E-state index in [9.17, 15) is 4.79 Å². The van der Waals surface area contributed by atoms with Crippen molar-refractivity contribution in [2.24, 2.45) is 0 Å². The first-order valence-electron chi connectivity index (χ1n) is 6.38. The van der Waals surface area contributed by atoms with Crippen LogP contribution in [0.3, 0.4) is 0 Å². The van der Waals surface area contributed by atoms with Gasteiger partial charge in [0.25, 0.3) is 0 Å². The van der Waals surface area contributed by atoms with E-state index in [4.69, 9.17) is 4.52 Å². The van der Waals surface area contributed by atoms with Crippen LogP contribution in [0.15, 0.2) is 34.9 Å². The van der Waals surface area contributed by atoms with E-state index in [1.807, 2.05) is 30.3 Å². The number of hydrogen-bond donors (Lipinski definition) is 0. The van der Waals surface area contributed by atoms with Crippen LogP contribution < -0.4 is 0 Å². The summed E-state index contributed by atoms with van der Waals surface area (Å²) in [7, 11) is 0. The molecule has 0 aliphatic carbocycles. The maximum Gasteiger partial charge on any atom is 0.227 e. The van der Waals surface area contributed by atoms with Gasteiger partial charge in [-0.1, -0.05) is 35.5 Å². The van der Waals surface area contributed by atoms with Crippen molar-refractivity contribution in [3.8, 4) is 0 Å². The van der Waals surface area contributed by atoms with Gasteiger partial charge in [0.15, 0.2) is 5.82 Å². The Hall–Kier alpha value is -1.97. The Labute approximate surface area is 112 Å². The summed E-state index contributed by atoms with van der Waals surface area (Å²) < 4.78 is 5.21.